The molecular formula is C18H20ClF. The van der Waals surface area contributed by atoms with Crippen molar-refractivity contribution in [1.29, 1.82) is 0 Å². The van der Waals surface area contributed by atoms with Gasteiger partial charge in [-0.25, -0.2) is 4.39 Å². The first-order valence-electron chi connectivity index (χ1n) is 6.81. The molecule has 106 valence electrons. The third-order valence-corrected chi connectivity index (χ3v) is 4.94. The highest BCUT2D eigenvalue weighted by molar-refractivity contribution is 6.22. The summed E-state index contributed by atoms with van der Waals surface area (Å²) in [6.45, 7) is 10.6. The van der Waals surface area contributed by atoms with Crippen LogP contribution in [-0.2, 0) is 0 Å². The quantitative estimate of drug-likeness (QED) is 0.623. The van der Waals surface area contributed by atoms with E-state index in [1.54, 1.807) is 12.1 Å². The van der Waals surface area contributed by atoms with Crippen LogP contribution in [0.4, 0.5) is 4.39 Å². The monoisotopic (exact) mass is 290 g/mol. The van der Waals surface area contributed by atoms with E-state index in [0.717, 1.165) is 11.1 Å². The van der Waals surface area contributed by atoms with E-state index in [-0.39, 0.29) is 11.2 Å². The van der Waals surface area contributed by atoms with Crippen molar-refractivity contribution in [3.05, 3.63) is 69.0 Å². The number of alkyl halides is 1. The summed E-state index contributed by atoms with van der Waals surface area (Å²) in [7, 11) is 0. The highest BCUT2D eigenvalue weighted by atomic mass is 35.5. The number of benzene rings is 2. The van der Waals surface area contributed by atoms with E-state index >= 15 is 0 Å². The van der Waals surface area contributed by atoms with Gasteiger partial charge in [0.25, 0.3) is 0 Å². The Morgan fingerprint density at radius 2 is 1.15 bits per heavy atom. The Bertz CT molecular complexity index is 612. The molecule has 2 aromatic carbocycles. The van der Waals surface area contributed by atoms with Crippen molar-refractivity contribution in [3.8, 4) is 0 Å². The molecule has 0 bridgehead atoms. The lowest BCUT2D eigenvalue weighted by Gasteiger charge is -2.22. The minimum atomic E-state index is -0.242. The van der Waals surface area contributed by atoms with E-state index in [9.17, 15) is 4.39 Å². The lowest BCUT2D eigenvalue weighted by molar-refractivity contribution is 0.627. The van der Waals surface area contributed by atoms with Gasteiger partial charge in [-0.1, -0.05) is 12.1 Å². The second kappa shape index (κ2) is 5.57. The van der Waals surface area contributed by atoms with Crippen LogP contribution in [0, 0.1) is 40.4 Å². The normalized spacial score (nSPS) is 12.6. The molecule has 0 aliphatic carbocycles. The molecule has 0 aromatic heterocycles. The van der Waals surface area contributed by atoms with Crippen LogP contribution in [0.25, 0.3) is 0 Å². The number of hydrogen-bond acceptors (Lipinski definition) is 0. The molecule has 2 rings (SSSR count). The molecule has 0 N–H and O–H groups in total. The Labute approximate surface area is 125 Å². The molecule has 2 heteroatoms. The van der Waals surface area contributed by atoms with Gasteiger partial charge in [0.05, 0.1) is 5.38 Å². The molecule has 0 heterocycles. The molecule has 0 amide bonds. The van der Waals surface area contributed by atoms with Gasteiger partial charge in [0.1, 0.15) is 5.82 Å². The molecule has 0 nitrogen and oxygen atoms in total. The van der Waals surface area contributed by atoms with Crippen molar-refractivity contribution in [1.82, 2.24) is 0 Å². The van der Waals surface area contributed by atoms with Gasteiger partial charge in [-0.2, -0.15) is 0 Å². The SMILES string of the molecule is Cc1c(C)c(C)c(C(Cl)c2ccc(F)cc2)c(C)c1C. The molecule has 0 spiro atoms. The predicted octanol–water partition coefficient (Wildman–Crippen LogP) is 5.70. The molecule has 0 aliphatic heterocycles. The Balaban J connectivity index is 2.60. The molecule has 0 aliphatic rings. The molecule has 1 atom stereocenters. The fraction of sp³-hybridized carbons (Fsp3) is 0.333. The molecule has 0 saturated heterocycles. The first-order valence-corrected chi connectivity index (χ1v) is 7.24. The lowest BCUT2D eigenvalue weighted by Crippen LogP contribution is -2.06. The average Bonchev–Trinajstić information content (AvgIpc) is 2.44. The largest absolute Gasteiger partial charge is 0.207 e. The van der Waals surface area contributed by atoms with Crippen molar-refractivity contribution in [2.24, 2.45) is 0 Å². The van der Waals surface area contributed by atoms with E-state index in [1.165, 1.54) is 39.9 Å². The van der Waals surface area contributed by atoms with Crippen molar-refractivity contribution in [2.75, 3.05) is 0 Å². The van der Waals surface area contributed by atoms with E-state index in [0.29, 0.717) is 0 Å². The van der Waals surface area contributed by atoms with Gasteiger partial charge in [0.2, 0.25) is 0 Å². The maximum Gasteiger partial charge on any atom is 0.123 e. The summed E-state index contributed by atoms with van der Waals surface area (Å²) >= 11 is 6.67. The van der Waals surface area contributed by atoms with Crippen LogP contribution < -0.4 is 0 Å². The van der Waals surface area contributed by atoms with Crippen LogP contribution in [0.2, 0.25) is 0 Å². The fourth-order valence-electron chi connectivity index (χ4n) is 2.71. The molecule has 1 unspecified atom stereocenters. The minimum absolute atomic E-state index is 0.234. The Kier molecular flexibility index (Phi) is 4.19. The number of rotatable bonds is 2. The van der Waals surface area contributed by atoms with E-state index in [1.807, 2.05) is 0 Å². The van der Waals surface area contributed by atoms with Crippen LogP contribution >= 0.6 is 11.6 Å². The van der Waals surface area contributed by atoms with Gasteiger partial charge >= 0.3 is 0 Å². The van der Waals surface area contributed by atoms with Crippen molar-refractivity contribution < 1.29 is 4.39 Å². The zero-order valence-electron chi connectivity index (χ0n) is 12.6. The van der Waals surface area contributed by atoms with Crippen LogP contribution in [0.1, 0.15) is 44.3 Å². The Morgan fingerprint density at radius 1 is 0.750 bits per heavy atom. The summed E-state index contributed by atoms with van der Waals surface area (Å²) in [5.74, 6) is -0.234. The zero-order valence-corrected chi connectivity index (χ0v) is 13.4. The van der Waals surface area contributed by atoms with Crippen LogP contribution in [0.3, 0.4) is 0 Å². The summed E-state index contributed by atoms with van der Waals surface area (Å²) in [4.78, 5) is 0. The zero-order chi connectivity index (χ0) is 15.0. The molecule has 0 fully saturated rings. The third kappa shape index (κ3) is 2.47. The Hall–Kier alpha value is -1.34. The maximum atomic E-state index is 13.0. The molecule has 20 heavy (non-hydrogen) atoms. The highest BCUT2D eigenvalue weighted by Gasteiger charge is 2.20. The molecular weight excluding hydrogens is 271 g/mol. The van der Waals surface area contributed by atoms with E-state index in [2.05, 4.69) is 34.6 Å². The molecule has 0 saturated carbocycles. The minimum Gasteiger partial charge on any atom is -0.207 e. The predicted molar refractivity (Wildman–Crippen MR) is 84.2 cm³/mol. The number of halogens is 2. The van der Waals surface area contributed by atoms with Crippen LogP contribution in [-0.4, -0.2) is 0 Å². The van der Waals surface area contributed by atoms with Gasteiger partial charge < -0.3 is 0 Å². The third-order valence-electron chi connectivity index (χ3n) is 4.47. The van der Waals surface area contributed by atoms with Crippen LogP contribution in [0.5, 0.6) is 0 Å². The summed E-state index contributed by atoms with van der Waals surface area (Å²) in [6, 6.07) is 6.44. The van der Waals surface area contributed by atoms with Gasteiger partial charge in [-0.3, -0.25) is 0 Å². The van der Waals surface area contributed by atoms with Crippen molar-refractivity contribution >= 4 is 11.6 Å². The summed E-state index contributed by atoms with van der Waals surface area (Å²) in [6.07, 6.45) is 0. The maximum absolute atomic E-state index is 13.0. The van der Waals surface area contributed by atoms with Gasteiger partial charge in [0.15, 0.2) is 0 Å². The molecule has 0 radical (unpaired) electrons. The summed E-state index contributed by atoms with van der Waals surface area (Å²) in [5.41, 5.74) is 8.45. The topological polar surface area (TPSA) is 0 Å². The fourth-order valence-corrected chi connectivity index (χ4v) is 3.18. The van der Waals surface area contributed by atoms with Crippen molar-refractivity contribution in [3.63, 3.8) is 0 Å². The standard InChI is InChI=1S/C18H20ClF/c1-10-11(2)13(4)17(14(5)12(10)3)18(19)15-6-8-16(20)9-7-15/h6-9,18H,1-5H3. The summed E-state index contributed by atoms with van der Waals surface area (Å²) < 4.78 is 13.0. The first-order chi connectivity index (χ1) is 9.34. The van der Waals surface area contributed by atoms with Gasteiger partial charge in [-0.15, -0.1) is 11.6 Å². The molecule has 2 aromatic rings. The van der Waals surface area contributed by atoms with E-state index in [4.69, 9.17) is 11.6 Å². The van der Waals surface area contributed by atoms with Gasteiger partial charge in [0, 0.05) is 0 Å². The average molecular weight is 291 g/mol. The lowest BCUT2D eigenvalue weighted by atomic mass is 9.86. The van der Waals surface area contributed by atoms with Crippen LogP contribution in [0.15, 0.2) is 24.3 Å². The van der Waals surface area contributed by atoms with E-state index < -0.39 is 0 Å². The smallest absolute Gasteiger partial charge is 0.123 e. The second-order valence-corrected chi connectivity index (χ2v) is 5.89. The summed E-state index contributed by atoms with van der Waals surface area (Å²) in [5, 5.41) is -0.242. The first kappa shape index (κ1) is 15.1. The van der Waals surface area contributed by atoms with Gasteiger partial charge in [-0.05, 0) is 85.7 Å². The second-order valence-electron chi connectivity index (χ2n) is 5.45. The number of hydrogen-bond donors (Lipinski definition) is 0. The highest BCUT2D eigenvalue weighted by Crippen LogP contribution is 2.37. The Morgan fingerprint density at radius 3 is 1.60 bits per heavy atom. The van der Waals surface area contributed by atoms with Crippen molar-refractivity contribution in [2.45, 2.75) is 40.0 Å².